The molecule has 0 radical (unpaired) electrons. The largest absolute Gasteiger partial charge is 0.494 e. The number of benzene rings is 2. The predicted octanol–water partition coefficient (Wildman–Crippen LogP) is 4.37. The number of nitrogens with zero attached hydrogens (tertiary/aromatic N) is 3. The highest BCUT2D eigenvalue weighted by Crippen LogP contribution is 2.37. The molecule has 0 N–H and O–H groups in total. The smallest absolute Gasteiger partial charge is 0.260 e. The first-order chi connectivity index (χ1) is 15.5. The lowest BCUT2D eigenvalue weighted by atomic mass is 10.1. The van der Waals surface area contributed by atoms with Gasteiger partial charge in [-0.3, -0.25) is 9.69 Å². The summed E-state index contributed by atoms with van der Waals surface area (Å²) in [4.78, 5) is 22.6. The van der Waals surface area contributed by atoms with Gasteiger partial charge < -0.3 is 19.1 Å². The van der Waals surface area contributed by atoms with Gasteiger partial charge in [0.25, 0.3) is 5.91 Å². The lowest BCUT2D eigenvalue weighted by Gasteiger charge is -2.25. The summed E-state index contributed by atoms with van der Waals surface area (Å²) in [7, 11) is 1.64. The van der Waals surface area contributed by atoms with Crippen LogP contribution in [-0.2, 0) is 0 Å². The van der Waals surface area contributed by atoms with Gasteiger partial charge in [-0.2, -0.15) is 0 Å². The molecule has 3 aromatic rings. The van der Waals surface area contributed by atoms with E-state index in [0.29, 0.717) is 47.7 Å². The number of hydrogen-bond donors (Lipinski definition) is 0. The molecule has 0 saturated heterocycles. The first-order valence-electron chi connectivity index (χ1n) is 10.9. The Morgan fingerprint density at radius 3 is 2.56 bits per heavy atom. The van der Waals surface area contributed by atoms with Crippen LogP contribution in [0.15, 0.2) is 30.3 Å². The number of methoxy groups -OCH3 is 1. The number of thiazole rings is 1. The molecule has 1 aliphatic rings. The van der Waals surface area contributed by atoms with Crippen molar-refractivity contribution >= 4 is 32.6 Å². The number of carbonyl (C=O) groups excluding carboxylic acids is 1. The molecular weight excluding hydrogens is 426 g/mol. The molecule has 2 heterocycles. The molecular formula is C24H29N3O4S. The summed E-state index contributed by atoms with van der Waals surface area (Å²) in [5.41, 5.74) is 2.45. The summed E-state index contributed by atoms with van der Waals surface area (Å²) in [6.07, 6.45) is 0. The van der Waals surface area contributed by atoms with Crippen LogP contribution in [0.1, 0.15) is 29.8 Å². The van der Waals surface area contributed by atoms with Gasteiger partial charge in [0.1, 0.15) is 24.5 Å². The SMILES string of the molecule is CCN(CC)CCN(C(=O)c1ccc2c(c1)OCCO2)c1nc2c(OC)ccc(C)c2s1. The van der Waals surface area contributed by atoms with E-state index >= 15 is 0 Å². The number of rotatable bonds is 8. The number of aromatic nitrogens is 1. The van der Waals surface area contributed by atoms with E-state index in [-0.39, 0.29) is 5.91 Å². The predicted molar refractivity (Wildman–Crippen MR) is 128 cm³/mol. The fourth-order valence-corrected chi connectivity index (χ4v) is 4.85. The quantitative estimate of drug-likeness (QED) is 0.503. The van der Waals surface area contributed by atoms with Crippen LogP contribution >= 0.6 is 11.3 Å². The summed E-state index contributed by atoms with van der Waals surface area (Å²) in [5.74, 6) is 1.88. The van der Waals surface area contributed by atoms with Crippen LogP contribution < -0.4 is 19.1 Å². The molecule has 32 heavy (non-hydrogen) atoms. The zero-order valence-electron chi connectivity index (χ0n) is 19.0. The Morgan fingerprint density at radius 2 is 1.84 bits per heavy atom. The van der Waals surface area contributed by atoms with E-state index in [9.17, 15) is 4.79 Å². The number of hydrogen-bond acceptors (Lipinski definition) is 7. The zero-order chi connectivity index (χ0) is 22.7. The van der Waals surface area contributed by atoms with Gasteiger partial charge in [-0.15, -0.1) is 0 Å². The number of likely N-dealkylation sites (N-methyl/N-ethyl adjacent to an activating group) is 1. The number of amides is 1. The first-order valence-corrected chi connectivity index (χ1v) is 11.7. The Hall–Kier alpha value is -2.84. The lowest BCUT2D eigenvalue weighted by molar-refractivity contribution is 0.0982. The number of carbonyl (C=O) groups is 1. The summed E-state index contributed by atoms with van der Waals surface area (Å²) >= 11 is 1.52. The minimum Gasteiger partial charge on any atom is -0.494 e. The molecule has 2 aromatic carbocycles. The Kier molecular flexibility index (Phi) is 6.81. The maximum Gasteiger partial charge on any atom is 0.260 e. The first kappa shape index (κ1) is 22.4. The molecule has 1 amide bonds. The number of fused-ring (bicyclic) bond motifs is 2. The van der Waals surface area contributed by atoms with Crippen LogP contribution in [0.5, 0.6) is 17.2 Å². The maximum atomic E-state index is 13.7. The van der Waals surface area contributed by atoms with E-state index < -0.39 is 0 Å². The van der Waals surface area contributed by atoms with E-state index in [2.05, 4.69) is 18.7 Å². The minimum atomic E-state index is -0.107. The van der Waals surface area contributed by atoms with Crippen LogP contribution in [0.4, 0.5) is 5.13 Å². The summed E-state index contributed by atoms with van der Waals surface area (Å²) in [5, 5.41) is 0.666. The standard InChI is InChI=1S/C24H29N3O4S/c1-5-26(6-2)11-12-27(23(28)17-8-10-18-20(15-17)31-14-13-30-18)24-25-21-19(29-4)9-7-16(3)22(21)32-24/h7-10,15H,5-6,11-14H2,1-4H3. The molecule has 4 rings (SSSR count). The Morgan fingerprint density at radius 1 is 1.09 bits per heavy atom. The van der Waals surface area contributed by atoms with Gasteiger partial charge in [0.05, 0.1) is 11.8 Å². The van der Waals surface area contributed by atoms with Crippen molar-refractivity contribution in [3.05, 3.63) is 41.5 Å². The molecule has 1 aromatic heterocycles. The van der Waals surface area contributed by atoms with Crippen LogP contribution in [0.25, 0.3) is 10.2 Å². The molecule has 1 aliphatic heterocycles. The molecule has 0 aliphatic carbocycles. The van der Waals surface area contributed by atoms with Crippen molar-refractivity contribution in [1.29, 1.82) is 0 Å². The summed E-state index contributed by atoms with van der Waals surface area (Å²) in [6.45, 7) is 10.4. The Balaban J connectivity index is 1.72. The second kappa shape index (κ2) is 9.75. The van der Waals surface area contributed by atoms with Gasteiger partial charge in [0.2, 0.25) is 0 Å². The van der Waals surface area contributed by atoms with Gasteiger partial charge in [-0.25, -0.2) is 4.98 Å². The van der Waals surface area contributed by atoms with Crippen molar-refractivity contribution in [2.24, 2.45) is 0 Å². The zero-order valence-corrected chi connectivity index (χ0v) is 19.8. The second-order valence-corrected chi connectivity index (χ2v) is 8.58. The number of anilines is 1. The van der Waals surface area contributed by atoms with Crippen molar-refractivity contribution < 1.29 is 19.0 Å². The van der Waals surface area contributed by atoms with E-state index in [4.69, 9.17) is 19.2 Å². The fraction of sp³-hybridized carbons (Fsp3) is 0.417. The summed E-state index contributed by atoms with van der Waals surface area (Å²) < 4.78 is 17.9. The van der Waals surface area contributed by atoms with Crippen LogP contribution in [0.3, 0.4) is 0 Å². The summed E-state index contributed by atoms with van der Waals surface area (Å²) in [6, 6.07) is 9.30. The van der Waals surface area contributed by atoms with Crippen molar-refractivity contribution in [2.45, 2.75) is 20.8 Å². The van der Waals surface area contributed by atoms with E-state index in [1.165, 1.54) is 11.3 Å². The second-order valence-electron chi connectivity index (χ2n) is 7.60. The molecule has 0 unspecified atom stereocenters. The molecule has 8 heteroatoms. The van der Waals surface area contributed by atoms with E-state index in [1.807, 2.05) is 19.1 Å². The third kappa shape index (κ3) is 4.38. The molecule has 0 bridgehead atoms. The van der Waals surface area contributed by atoms with E-state index in [1.54, 1.807) is 30.2 Å². The highest BCUT2D eigenvalue weighted by atomic mass is 32.1. The third-order valence-electron chi connectivity index (χ3n) is 5.71. The van der Waals surface area contributed by atoms with Crippen molar-refractivity contribution in [3.8, 4) is 17.2 Å². The molecule has 0 atom stereocenters. The van der Waals surface area contributed by atoms with Gasteiger partial charge in [-0.05, 0) is 49.8 Å². The molecule has 0 spiro atoms. The van der Waals surface area contributed by atoms with Crippen molar-refractivity contribution in [1.82, 2.24) is 9.88 Å². The molecule has 170 valence electrons. The number of ether oxygens (including phenoxy) is 3. The van der Waals surface area contributed by atoms with Crippen LogP contribution in [0.2, 0.25) is 0 Å². The molecule has 0 saturated carbocycles. The monoisotopic (exact) mass is 455 g/mol. The van der Waals surface area contributed by atoms with Crippen LogP contribution in [0, 0.1) is 6.92 Å². The van der Waals surface area contributed by atoms with Gasteiger partial charge in [0.15, 0.2) is 16.6 Å². The minimum absolute atomic E-state index is 0.107. The average molecular weight is 456 g/mol. The number of aryl methyl sites for hydroxylation is 1. The highest BCUT2D eigenvalue weighted by molar-refractivity contribution is 7.22. The molecule has 7 nitrogen and oxygen atoms in total. The van der Waals surface area contributed by atoms with Gasteiger partial charge in [0, 0.05) is 18.7 Å². The highest BCUT2D eigenvalue weighted by Gasteiger charge is 2.25. The van der Waals surface area contributed by atoms with E-state index in [0.717, 1.165) is 35.4 Å². The van der Waals surface area contributed by atoms with Crippen LogP contribution in [-0.4, -0.2) is 62.3 Å². The van der Waals surface area contributed by atoms with Gasteiger partial charge in [-0.1, -0.05) is 31.3 Å². The topological polar surface area (TPSA) is 64.1 Å². The lowest BCUT2D eigenvalue weighted by Crippen LogP contribution is -2.39. The normalized spacial score (nSPS) is 12.9. The fourth-order valence-electron chi connectivity index (χ4n) is 3.78. The van der Waals surface area contributed by atoms with Gasteiger partial charge >= 0.3 is 0 Å². The Labute approximate surface area is 192 Å². The molecule has 0 fully saturated rings. The van der Waals surface area contributed by atoms with Crippen molar-refractivity contribution in [3.63, 3.8) is 0 Å². The maximum absolute atomic E-state index is 13.7. The van der Waals surface area contributed by atoms with Crippen molar-refractivity contribution in [2.75, 3.05) is 51.4 Å². The average Bonchev–Trinajstić information content (AvgIpc) is 3.27. The Bertz CT molecular complexity index is 1110. The third-order valence-corrected chi connectivity index (χ3v) is 6.93.